The van der Waals surface area contributed by atoms with Crippen LogP contribution in [0.1, 0.15) is 65.4 Å². The number of benzene rings is 1. The Kier molecular flexibility index (Phi) is 6.93. The van der Waals surface area contributed by atoms with E-state index in [4.69, 9.17) is 17.3 Å². The molecule has 0 heterocycles. The van der Waals surface area contributed by atoms with Crippen molar-refractivity contribution < 1.29 is 4.79 Å². The summed E-state index contributed by atoms with van der Waals surface area (Å²) in [6.45, 7) is 8.54. The standard InChI is InChI=1S/C21H33ClN2O/c1-5-15(4)19(23)20(25)24-18(13-14(2)3)21(11-6-12-21)16-7-9-17(22)10-8-16/h7-10,14-15,18-19H,5-6,11-13,23H2,1-4H3,(H,24,25)/t15-,18?,19?/m0/s1. The quantitative estimate of drug-likeness (QED) is 0.704. The fourth-order valence-electron chi connectivity index (χ4n) is 3.85. The molecule has 4 heteroatoms. The maximum Gasteiger partial charge on any atom is 0.237 e. The Bertz CT molecular complexity index is 566. The second-order valence-electron chi connectivity index (χ2n) is 8.12. The molecule has 25 heavy (non-hydrogen) atoms. The van der Waals surface area contributed by atoms with Crippen molar-refractivity contribution in [1.29, 1.82) is 0 Å². The first-order chi connectivity index (χ1) is 11.8. The number of carbonyl (C=O) groups is 1. The smallest absolute Gasteiger partial charge is 0.237 e. The topological polar surface area (TPSA) is 55.1 Å². The van der Waals surface area contributed by atoms with Crippen molar-refractivity contribution in [1.82, 2.24) is 5.32 Å². The summed E-state index contributed by atoms with van der Waals surface area (Å²) in [5.41, 5.74) is 7.48. The van der Waals surface area contributed by atoms with Crippen LogP contribution in [0.4, 0.5) is 0 Å². The molecule has 1 fully saturated rings. The molecule has 0 radical (unpaired) electrons. The highest BCUT2D eigenvalue weighted by molar-refractivity contribution is 6.30. The van der Waals surface area contributed by atoms with Gasteiger partial charge in [-0.1, -0.05) is 64.3 Å². The Morgan fingerprint density at radius 3 is 2.28 bits per heavy atom. The molecule has 140 valence electrons. The van der Waals surface area contributed by atoms with Crippen LogP contribution >= 0.6 is 11.6 Å². The predicted molar refractivity (Wildman–Crippen MR) is 106 cm³/mol. The molecule has 1 saturated carbocycles. The molecule has 0 saturated heterocycles. The van der Waals surface area contributed by atoms with Crippen LogP contribution in [-0.2, 0) is 10.2 Å². The molecule has 0 aliphatic heterocycles. The summed E-state index contributed by atoms with van der Waals surface area (Å²) < 4.78 is 0. The van der Waals surface area contributed by atoms with Gasteiger partial charge in [-0.2, -0.15) is 0 Å². The lowest BCUT2D eigenvalue weighted by Crippen LogP contribution is -2.58. The lowest BCUT2D eigenvalue weighted by Gasteiger charge is -2.49. The zero-order valence-corrected chi connectivity index (χ0v) is 16.8. The van der Waals surface area contributed by atoms with E-state index in [-0.39, 0.29) is 23.3 Å². The summed E-state index contributed by atoms with van der Waals surface area (Å²) in [4.78, 5) is 12.8. The highest BCUT2D eigenvalue weighted by Crippen LogP contribution is 2.48. The van der Waals surface area contributed by atoms with Crippen LogP contribution < -0.4 is 11.1 Å². The molecular weight excluding hydrogens is 332 g/mol. The van der Waals surface area contributed by atoms with Crippen molar-refractivity contribution in [3.8, 4) is 0 Å². The number of hydrogen-bond acceptors (Lipinski definition) is 2. The summed E-state index contributed by atoms with van der Waals surface area (Å²) in [6.07, 6.45) is 5.27. The van der Waals surface area contributed by atoms with E-state index in [1.165, 1.54) is 12.0 Å². The molecule has 2 rings (SSSR count). The Labute approximate surface area is 157 Å². The maximum atomic E-state index is 12.8. The summed E-state index contributed by atoms with van der Waals surface area (Å²) in [7, 11) is 0. The average molecular weight is 365 g/mol. The number of carbonyl (C=O) groups excluding carboxylic acids is 1. The molecule has 0 aromatic heterocycles. The van der Waals surface area contributed by atoms with E-state index in [0.717, 1.165) is 30.7 Å². The molecule has 3 N–H and O–H groups in total. The van der Waals surface area contributed by atoms with Gasteiger partial charge in [0.25, 0.3) is 0 Å². The fraction of sp³-hybridized carbons (Fsp3) is 0.667. The van der Waals surface area contributed by atoms with Gasteiger partial charge in [-0.15, -0.1) is 0 Å². The second kappa shape index (κ2) is 8.55. The van der Waals surface area contributed by atoms with Crippen LogP contribution in [0.15, 0.2) is 24.3 Å². The minimum atomic E-state index is -0.443. The summed E-state index contributed by atoms with van der Waals surface area (Å²) >= 11 is 6.08. The predicted octanol–water partition coefficient (Wildman–Crippen LogP) is 4.67. The monoisotopic (exact) mass is 364 g/mol. The number of hydrogen-bond donors (Lipinski definition) is 2. The molecule has 1 aromatic carbocycles. The zero-order chi connectivity index (χ0) is 18.6. The third-order valence-corrected chi connectivity index (χ3v) is 6.17. The van der Waals surface area contributed by atoms with Crippen molar-refractivity contribution in [3.05, 3.63) is 34.9 Å². The van der Waals surface area contributed by atoms with Crippen molar-refractivity contribution in [2.24, 2.45) is 17.6 Å². The number of nitrogens with two attached hydrogens (primary N) is 1. The first-order valence-corrected chi connectivity index (χ1v) is 10.00. The van der Waals surface area contributed by atoms with Gasteiger partial charge in [-0.3, -0.25) is 4.79 Å². The number of rotatable bonds is 8. The molecule has 3 atom stereocenters. The van der Waals surface area contributed by atoms with Crippen LogP contribution in [0.2, 0.25) is 5.02 Å². The van der Waals surface area contributed by atoms with Crippen molar-refractivity contribution in [3.63, 3.8) is 0 Å². The molecule has 3 nitrogen and oxygen atoms in total. The molecule has 1 amide bonds. The molecule has 1 aromatic rings. The number of nitrogens with one attached hydrogen (secondary N) is 1. The molecule has 1 aliphatic rings. The van der Waals surface area contributed by atoms with Gasteiger partial charge < -0.3 is 11.1 Å². The lowest BCUT2D eigenvalue weighted by molar-refractivity contribution is -0.125. The summed E-state index contributed by atoms with van der Waals surface area (Å²) in [6, 6.07) is 7.82. The SMILES string of the molecule is CC[C@H](C)C(N)C(=O)NC(CC(C)C)C1(c2ccc(Cl)cc2)CCC1. The van der Waals surface area contributed by atoms with Gasteiger partial charge in [0.1, 0.15) is 0 Å². The molecule has 0 spiro atoms. The number of amides is 1. The highest BCUT2D eigenvalue weighted by atomic mass is 35.5. The largest absolute Gasteiger partial charge is 0.351 e. The van der Waals surface area contributed by atoms with Gasteiger partial charge >= 0.3 is 0 Å². The first-order valence-electron chi connectivity index (χ1n) is 9.62. The van der Waals surface area contributed by atoms with Crippen molar-refractivity contribution >= 4 is 17.5 Å². The van der Waals surface area contributed by atoms with Crippen LogP contribution in [0, 0.1) is 11.8 Å². The Hall–Kier alpha value is -1.06. The Balaban J connectivity index is 2.25. The van der Waals surface area contributed by atoms with Gasteiger partial charge in [-0.05, 0) is 48.8 Å². The summed E-state index contributed by atoms with van der Waals surface area (Å²) in [5, 5.41) is 4.07. The highest BCUT2D eigenvalue weighted by Gasteiger charge is 2.46. The van der Waals surface area contributed by atoms with Crippen molar-refractivity contribution in [2.45, 2.75) is 77.3 Å². The Morgan fingerprint density at radius 1 is 1.24 bits per heavy atom. The third-order valence-electron chi connectivity index (χ3n) is 5.92. The van der Waals surface area contributed by atoms with E-state index in [2.05, 4.69) is 38.2 Å². The van der Waals surface area contributed by atoms with Gasteiger partial charge in [0.15, 0.2) is 0 Å². The minimum Gasteiger partial charge on any atom is -0.351 e. The van der Waals surface area contributed by atoms with E-state index in [1.54, 1.807) is 0 Å². The van der Waals surface area contributed by atoms with E-state index < -0.39 is 6.04 Å². The van der Waals surface area contributed by atoms with Crippen molar-refractivity contribution in [2.75, 3.05) is 0 Å². The van der Waals surface area contributed by atoms with E-state index >= 15 is 0 Å². The maximum absolute atomic E-state index is 12.8. The Morgan fingerprint density at radius 2 is 1.84 bits per heavy atom. The fourth-order valence-corrected chi connectivity index (χ4v) is 3.98. The van der Waals surface area contributed by atoms with Gasteiger partial charge in [-0.25, -0.2) is 0 Å². The second-order valence-corrected chi connectivity index (χ2v) is 8.56. The molecule has 0 bridgehead atoms. The molecule has 1 aliphatic carbocycles. The van der Waals surface area contributed by atoms with Crippen LogP contribution in [-0.4, -0.2) is 18.0 Å². The van der Waals surface area contributed by atoms with Gasteiger partial charge in [0.05, 0.1) is 6.04 Å². The van der Waals surface area contributed by atoms with Gasteiger partial charge in [0.2, 0.25) is 5.91 Å². The van der Waals surface area contributed by atoms with E-state index in [9.17, 15) is 4.79 Å². The first kappa shape index (κ1) is 20.3. The average Bonchev–Trinajstić information content (AvgIpc) is 2.53. The van der Waals surface area contributed by atoms with Gasteiger partial charge in [0, 0.05) is 16.5 Å². The van der Waals surface area contributed by atoms with Crippen LogP contribution in [0.5, 0.6) is 0 Å². The van der Waals surface area contributed by atoms with Crippen LogP contribution in [0.3, 0.4) is 0 Å². The number of halogens is 1. The minimum absolute atomic E-state index is 0.0136. The third kappa shape index (κ3) is 4.57. The molecular formula is C21H33ClN2O. The zero-order valence-electron chi connectivity index (χ0n) is 16.0. The lowest BCUT2D eigenvalue weighted by atomic mass is 9.58. The normalized spacial score (nSPS) is 19.8. The van der Waals surface area contributed by atoms with Crippen LogP contribution in [0.25, 0.3) is 0 Å². The van der Waals surface area contributed by atoms with E-state index in [0.29, 0.717) is 5.92 Å². The summed E-state index contributed by atoms with van der Waals surface area (Å²) in [5.74, 6) is 0.683. The van der Waals surface area contributed by atoms with E-state index in [1.807, 2.05) is 19.1 Å². The molecule has 2 unspecified atom stereocenters.